The zero-order valence-electron chi connectivity index (χ0n) is 12.1. The number of anilines is 1. The molecule has 110 valence electrons. The molecule has 0 bridgehead atoms. The number of carbonyl (C=O) groups excluding carboxylic acids is 1. The monoisotopic (exact) mass is 295 g/mol. The summed E-state index contributed by atoms with van der Waals surface area (Å²) in [6.07, 6.45) is 2.54. The maximum Gasteiger partial charge on any atom is 0.239 e. The van der Waals surface area contributed by atoms with E-state index in [2.05, 4.69) is 10.6 Å². The van der Waals surface area contributed by atoms with Gasteiger partial charge in [-0.3, -0.25) is 4.79 Å². The summed E-state index contributed by atoms with van der Waals surface area (Å²) >= 11 is 6.31. The van der Waals surface area contributed by atoms with Crippen molar-refractivity contribution in [1.82, 2.24) is 10.6 Å². The summed E-state index contributed by atoms with van der Waals surface area (Å²) in [4.78, 5) is 13.5. The van der Waals surface area contributed by atoms with Crippen LogP contribution in [0, 0.1) is 0 Å². The molecule has 1 fully saturated rings. The Labute approximate surface area is 125 Å². The normalized spacial score (nSPS) is 14.2. The minimum atomic E-state index is 0.0191. The van der Waals surface area contributed by atoms with E-state index < -0.39 is 0 Å². The Morgan fingerprint density at radius 2 is 2.20 bits per heavy atom. The Balaban J connectivity index is 1.94. The number of nitrogens with one attached hydrogen (secondary N) is 2. The smallest absolute Gasteiger partial charge is 0.239 e. The minimum Gasteiger partial charge on any atom is -0.365 e. The number of benzene rings is 1. The lowest BCUT2D eigenvalue weighted by atomic mass is 10.2. The highest BCUT2D eigenvalue weighted by Gasteiger charge is 2.20. The Hall–Kier alpha value is -1.26. The van der Waals surface area contributed by atoms with Crippen LogP contribution in [0.4, 0.5) is 5.69 Å². The fraction of sp³-hybridized carbons (Fsp3) is 0.533. The van der Waals surface area contributed by atoms with Crippen LogP contribution >= 0.6 is 11.6 Å². The number of amides is 1. The number of likely N-dealkylation sites (N-methyl/N-ethyl adjacent to an activating group) is 2. The van der Waals surface area contributed by atoms with Crippen LogP contribution in [-0.4, -0.2) is 32.1 Å². The predicted molar refractivity (Wildman–Crippen MR) is 83.3 cm³/mol. The molecule has 1 saturated carbocycles. The lowest BCUT2D eigenvalue weighted by Crippen LogP contribution is -2.34. The van der Waals surface area contributed by atoms with Gasteiger partial charge in [0.15, 0.2) is 0 Å². The van der Waals surface area contributed by atoms with Gasteiger partial charge in [-0.25, -0.2) is 0 Å². The second kappa shape index (κ2) is 6.95. The molecule has 0 aromatic heterocycles. The van der Waals surface area contributed by atoms with Gasteiger partial charge in [-0.1, -0.05) is 17.7 Å². The maximum absolute atomic E-state index is 11.6. The first-order chi connectivity index (χ1) is 9.60. The van der Waals surface area contributed by atoms with Crippen molar-refractivity contribution < 1.29 is 4.79 Å². The van der Waals surface area contributed by atoms with Crippen molar-refractivity contribution in [2.24, 2.45) is 0 Å². The van der Waals surface area contributed by atoms with Crippen molar-refractivity contribution in [2.45, 2.75) is 32.4 Å². The molecule has 0 unspecified atom stereocenters. The first-order valence-electron chi connectivity index (χ1n) is 7.09. The van der Waals surface area contributed by atoms with Gasteiger partial charge in [0, 0.05) is 36.9 Å². The largest absolute Gasteiger partial charge is 0.365 e. The van der Waals surface area contributed by atoms with Crippen molar-refractivity contribution >= 4 is 23.2 Å². The third kappa shape index (κ3) is 4.39. The van der Waals surface area contributed by atoms with Gasteiger partial charge >= 0.3 is 0 Å². The number of rotatable bonds is 7. The molecule has 2 rings (SSSR count). The summed E-state index contributed by atoms with van der Waals surface area (Å²) in [5.74, 6) is 0.0191. The Bertz CT molecular complexity index is 474. The van der Waals surface area contributed by atoms with E-state index in [9.17, 15) is 4.79 Å². The van der Waals surface area contributed by atoms with Crippen molar-refractivity contribution in [2.75, 3.05) is 25.0 Å². The molecule has 1 aromatic rings. The Kier molecular flexibility index (Phi) is 5.26. The lowest BCUT2D eigenvalue weighted by molar-refractivity contribution is -0.119. The van der Waals surface area contributed by atoms with E-state index in [1.54, 1.807) is 0 Å². The molecule has 0 spiro atoms. The van der Waals surface area contributed by atoms with Crippen molar-refractivity contribution in [3.63, 3.8) is 0 Å². The van der Waals surface area contributed by atoms with Crippen LogP contribution in [0.2, 0.25) is 5.02 Å². The van der Waals surface area contributed by atoms with Crippen LogP contribution in [0.3, 0.4) is 0 Å². The highest BCUT2D eigenvalue weighted by molar-refractivity contribution is 6.31. The molecule has 0 saturated heterocycles. The summed E-state index contributed by atoms with van der Waals surface area (Å²) in [7, 11) is 1.89. The number of halogens is 1. The predicted octanol–water partition coefficient (Wildman–Crippen LogP) is 2.16. The molecule has 0 radical (unpaired) electrons. The molecular formula is C15H22ClN3O. The highest BCUT2D eigenvalue weighted by Crippen LogP contribution is 2.25. The Morgan fingerprint density at radius 1 is 1.45 bits per heavy atom. The molecule has 1 aliphatic carbocycles. The molecule has 1 amide bonds. The fourth-order valence-corrected chi connectivity index (χ4v) is 2.26. The topological polar surface area (TPSA) is 44.4 Å². The lowest BCUT2D eigenvalue weighted by Gasteiger charge is -2.19. The number of hydrogen-bond acceptors (Lipinski definition) is 3. The number of carbonyl (C=O) groups is 1. The van der Waals surface area contributed by atoms with Gasteiger partial charge in [-0.2, -0.15) is 0 Å². The molecule has 4 nitrogen and oxygen atoms in total. The van der Waals surface area contributed by atoms with Gasteiger partial charge in [-0.15, -0.1) is 0 Å². The summed E-state index contributed by atoms with van der Waals surface area (Å²) in [5, 5.41) is 6.99. The van der Waals surface area contributed by atoms with Crippen molar-refractivity contribution in [1.29, 1.82) is 0 Å². The quantitative estimate of drug-likeness (QED) is 0.810. The molecular weight excluding hydrogens is 274 g/mol. The number of hydrogen-bond donors (Lipinski definition) is 2. The molecule has 1 aromatic carbocycles. The summed E-state index contributed by atoms with van der Waals surface area (Å²) in [6.45, 7) is 3.71. The Morgan fingerprint density at radius 3 is 2.80 bits per heavy atom. The second-order valence-electron chi connectivity index (χ2n) is 5.24. The highest BCUT2D eigenvalue weighted by atomic mass is 35.5. The molecule has 0 aliphatic heterocycles. The number of nitrogens with zero attached hydrogens (tertiary/aromatic N) is 1. The van der Waals surface area contributed by atoms with E-state index >= 15 is 0 Å². The zero-order chi connectivity index (χ0) is 14.5. The van der Waals surface area contributed by atoms with Gasteiger partial charge in [-0.05, 0) is 37.5 Å². The minimum absolute atomic E-state index is 0.0191. The first kappa shape index (κ1) is 15.1. The average molecular weight is 296 g/mol. The van der Waals surface area contributed by atoms with Crippen LogP contribution in [0.15, 0.2) is 18.2 Å². The molecule has 0 heterocycles. The van der Waals surface area contributed by atoms with E-state index in [1.165, 1.54) is 12.8 Å². The van der Waals surface area contributed by atoms with Gasteiger partial charge in [0.2, 0.25) is 5.91 Å². The zero-order valence-corrected chi connectivity index (χ0v) is 12.8. The molecule has 2 N–H and O–H groups in total. The molecule has 5 heteroatoms. The van der Waals surface area contributed by atoms with Crippen molar-refractivity contribution in [3.8, 4) is 0 Å². The molecule has 0 atom stereocenters. The third-order valence-corrected chi connectivity index (χ3v) is 3.74. The fourth-order valence-electron chi connectivity index (χ4n) is 2.02. The average Bonchev–Trinajstić information content (AvgIpc) is 3.21. The standard InChI is InChI=1S/C15H22ClN3O/c1-3-17-15(20)10-19(2)13-7-4-11(14(16)8-13)9-18-12-5-6-12/h4,7-8,12,18H,3,5-6,9-10H2,1-2H3,(H,17,20). The third-order valence-electron chi connectivity index (χ3n) is 3.39. The van der Waals surface area contributed by atoms with E-state index in [4.69, 9.17) is 11.6 Å². The van der Waals surface area contributed by atoms with E-state index in [1.807, 2.05) is 37.1 Å². The van der Waals surface area contributed by atoms with E-state index in [0.29, 0.717) is 19.1 Å². The second-order valence-corrected chi connectivity index (χ2v) is 5.65. The van der Waals surface area contributed by atoms with E-state index in [-0.39, 0.29) is 5.91 Å². The van der Waals surface area contributed by atoms with Crippen LogP contribution in [0.1, 0.15) is 25.3 Å². The van der Waals surface area contributed by atoms with E-state index in [0.717, 1.165) is 22.8 Å². The maximum atomic E-state index is 11.6. The summed E-state index contributed by atoms with van der Waals surface area (Å²) < 4.78 is 0. The van der Waals surface area contributed by atoms with Gasteiger partial charge in [0.1, 0.15) is 0 Å². The van der Waals surface area contributed by atoms with Gasteiger partial charge in [0.05, 0.1) is 6.54 Å². The van der Waals surface area contributed by atoms with Crippen LogP contribution in [-0.2, 0) is 11.3 Å². The molecule has 20 heavy (non-hydrogen) atoms. The summed E-state index contributed by atoms with van der Waals surface area (Å²) in [6, 6.07) is 6.63. The summed E-state index contributed by atoms with van der Waals surface area (Å²) in [5.41, 5.74) is 2.06. The van der Waals surface area contributed by atoms with Gasteiger partial charge in [0.25, 0.3) is 0 Å². The van der Waals surface area contributed by atoms with Crippen molar-refractivity contribution in [3.05, 3.63) is 28.8 Å². The molecule has 1 aliphatic rings. The SMILES string of the molecule is CCNC(=O)CN(C)c1ccc(CNC2CC2)c(Cl)c1. The van der Waals surface area contributed by atoms with Crippen LogP contribution in [0.25, 0.3) is 0 Å². The first-order valence-corrected chi connectivity index (χ1v) is 7.47. The van der Waals surface area contributed by atoms with Crippen LogP contribution < -0.4 is 15.5 Å². The van der Waals surface area contributed by atoms with Gasteiger partial charge < -0.3 is 15.5 Å². The van der Waals surface area contributed by atoms with Crippen LogP contribution in [0.5, 0.6) is 0 Å².